The fourth-order valence-electron chi connectivity index (χ4n) is 3.66. The molecule has 1 aliphatic rings. The van der Waals surface area contributed by atoms with E-state index < -0.39 is 0 Å². The smallest absolute Gasteiger partial charge is 0.321 e. The van der Waals surface area contributed by atoms with Crippen LogP contribution in [0.3, 0.4) is 0 Å². The van der Waals surface area contributed by atoms with Crippen molar-refractivity contribution < 1.29 is 4.79 Å². The van der Waals surface area contributed by atoms with Crippen molar-refractivity contribution in [3.8, 4) is 0 Å². The summed E-state index contributed by atoms with van der Waals surface area (Å²) in [5, 5.41) is 4.90. The Labute approximate surface area is 158 Å². The van der Waals surface area contributed by atoms with Gasteiger partial charge < -0.3 is 15.2 Å². The number of benzene rings is 2. The molecule has 1 aliphatic heterocycles. The van der Waals surface area contributed by atoms with Crippen molar-refractivity contribution in [1.82, 2.24) is 9.88 Å². The summed E-state index contributed by atoms with van der Waals surface area (Å²) in [5.41, 5.74) is 4.34. The fraction of sp³-hybridized carbons (Fsp3) is 0.286. The number of piperidine rings is 1. The number of nitrogens with one attached hydrogen (secondary N) is 2. The van der Waals surface area contributed by atoms with E-state index in [9.17, 15) is 4.79 Å². The van der Waals surface area contributed by atoms with Crippen molar-refractivity contribution in [2.24, 2.45) is 0 Å². The predicted octanol–water partition coefficient (Wildman–Crippen LogP) is 5.54. The monoisotopic (exact) mass is 367 g/mol. The number of urea groups is 1. The van der Waals surface area contributed by atoms with Crippen LogP contribution in [0.1, 0.15) is 30.0 Å². The Morgan fingerprint density at radius 1 is 1.15 bits per heavy atom. The molecule has 1 saturated heterocycles. The highest BCUT2D eigenvalue weighted by atomic mass is 35.5. The number of hydrogen-bond donors (Lipinski definition) is 2. The number of halogens is 1. The number of likely N-dealkylation sites (tertiary alicyclic amines) is 1. The number of carbonyl (C=O) groups excluding carboxylic acids is 1. The summed E-state index contributed by atoms with van der Waals surface area (Å²) in [6.45, 7) is 3.55. The minimum absolute atomic E-state index is 0.0162. The molecule has 0 atom stereocenters. The second-order valence-corrected chi connectivity index (χ2v) is 7.45. The quantitative estimate of drug-likeness (QED) is 0.613. The number of fused-ring (bicyclic) bond motifs is 1. The van der Waals surface area contributed by atoms with Gasteiger partial charge in [0, 0.05) is 46.3 Å². The van der Waals surface area contributed by atoms with E-state index in [1.165, 1.54) is 5.69 Å². The van der Waals surface area contributed by atoms with Gasteiger partial charge in [-0.05, 0) is 61.7 Å². The van der Waals surface area contributed by atoms with Gasteiger partial charge in [0.1, 0.15) is 0 Å². The lowest BCUT2D eigenvalue weighted by molar-refractivity contribution is 0.194. The zero-order valence-electron chi connectivity index (χ0n) is 14.8. The molecule has 2 aromatic carbocycles. The SMILES string of the molecule is Cc1cccc(NC(=O)N2CCC(c3cc4cc(Cl)ccc4[nH]3)CC2)c1. The molecule has 1 aromatic heterocycles. The van der Waals surface area contributed by atoms with Crippen molar-refractivity contribution in [3.63, 3.8) is 0 Å². The van der Waals surface area contributed by atoms with Crippen LogP contribution in [0.25, 0.3) is 10.9 Å². The summed E-state index contributed by atoms with van der Waals surface area (Å²) in [6.07, 6.45) is 1.92. The van der Waals surface area contributed by atoms with E-state index in [1.807, 2.05) is 54.3 Å². The fourth-order valence-corrected chi connectivity index (χ4v) is 3.85. The highest BCUT2D eigenvalue weighted by Gasteiger charge is 2.25. The molecule has 5 heteroatoms. The molecule has 26 heavy (non-hydrogen) atoms. The molecule has 134 valence electrons. The zero-order chi connectivity index (χ0) is 18.1. The number of nitrogens with zero attached hydrogens (tertiary/aromatic N) is 1. The Hall–Kier alpha value is -2.46. The molecule has 2 amide bonds. The second kappa shape index (κ2) is 7.04. The third kappa shape index (κ3) is 3.56. The first-order chi connectivity index (χ1) is 12.6. The Bertz CT molecular complexity index is 941. The van der Waals surface area contributed by atoms with Crippen molar-refractivity contribution in [3.05, 3.63) is 64.8 Å². The van der Waals surface area contributed by atoms with E-state index in [-0.39, 0.29) is 6.03 Å². The van der Waals surface area contributed by atoms with Crippen LogP contribution in [0.5, 0.6) is 0 Å². The summed E-state index contributed by atoms with van der Waals surface area (Å²) in [6, 6.07) is 16.0. The van der Waals surface area contributed by atoms with Crippen molar-refractivity contribution in [2.75, 3.05) is 18.4 Å². The largest absolute Gasteiger partial charge is 0.358 e. The Morgan fingerprint density at radius 3 is 2.73 bits per heavy atom. The second-order valence-electron chi connectivity index (χ2n) is 7.02. The molecule has 0 spiro atoms. The number of aromatic nitrogens is 1. The van der Waals surface area contributed by atoms with Crippen LogP contribution in [0, 0.1) is 6.92 Å². The molecule has 2 N–H and O–H groups in total. The highest BCUT2D eigenvalue weighted by Crippen LogP contribution is 2.31. The first-order valence-electron chi connectivity index (χ1n) is 8.99. The highest BCUT2D eigenvalue weighted by molar-refractivity contribution is 6.31. The first-order valence-corrected chi connectivity index (χ1v) is 9.37. The zero-order valence-corrected chi connectivity index (χ0v) is 15.5. The van der Waals surface area contributed by atoms with E-state index >= 15 is 0 Å². The third-order valence-corrected chi connectivity index (χ3v) is 5.33. The van der Waals surface area contributed by atoms with Gasteiger partial charge in [0.2, 0.25) is 0 Å². The summed E-state index contributed by atoms with van der Waals surface area (Å²) < 4.78 is 0. The molecule has 4 rings (SSSR count). The maximum atomic E-state index is 12.5. The maximum Gasteiger partial charge on any atom is 0.321 e. The van der Waals surface area contributed by atoms with Crippen LogP contribution < -0.4 is 5.32 Å². The third-order valence-electron chi connectivity index (χ3n) is 5.09. The van der Waals surface area contributed by atoms with E-state index in [1.54, 1.807) is 0 Å². The minimum Gasteiger partial charge on any atom is -0.358 e. The van der Waals surface area contributed by atoms with Crippen LogP contribution in [0.2, 0.25) is 5.02 Å². The van der Waals surface area contributed by atoms with Gasteiger partial charge in [-0.2, -0.15) is 0 Å². The average Bonchev–Trinajstić information content (AvgIpc) is 3.05. The lowest BCUT2D eigenvalue weighted by Gasteiger charge is -2.31. The van der Waals surface area contributed by atoms with Gasteiger partial charge in [-0.3, -0.25) is 0 Å². The summed E-state index contributed by atoms with van der Waals surface area (Å²) in [7, 11) is 0. The van der Waals surface area contributed by atoms with Crippen LogP contribution in [-0.4, -0.2) is 29.0 Å². The molecule has 4 nitrogen and oxygen atoms in total. The van der Waals surface area contributed by atoms with Gasteiger partial charge in [-0.15, -0.1) is 0 Å². The van der Waals surface area contributed by atoms with E-state index in [2.05, 4.69) is 16.4 Å². The Morgan fingerprint density at radius 2 is 1.96 bits per heavy atom. The van der Waals surface area contributed by atoms with E-state index in [0.29, 0.717) is 5.92 Å². The van der Waals surface area contributed by atoms with Crippen molar-refractivity contribution in [1.29, 1.82) is 0 Å². The number of hydrogen-bond acceptors (Lipinski definition) is 1. The molecule has 1 fully saturated rings. The Balaban J connectivity index is 1.39. The Kier molecular flexibility index (Phi) is 4.60. The van der Waals surface area contributed by atoms with Gasteiger partial charge in [0.25, 0.3) is 0 Å². The first kappa shape index (κ1) is 17.0. The lowest BCUT2D eigenvalue weighted by atomic mass is 9.94. The number of aromatic amines is 1. The topological polar surface area (TPSA) is 48.1 Å². The number of rotatable bonds is 2. The maximum absolute atomic E-state index is 12.5. The molecular formula is C21H22ClN3O. The van der Waals surface area contributed by atoms with Gasteiger partial charge in [-0.25, -0.2) is 4.79 Å². The number of H-pyrrole nitrogens is 1. The molecule has 3 aromatic rings. The molecule has 0 saturated carbocycles. The molecular weight excluding hydrogens is 346 g/mol. The molecule has 0 radical (unpaired) electrons. The van der Waals surface area contributed by atoms with Crippen LogP contribution >= 0.6 is 11.6 Å². The van der Waals surface area contributed by atoms with Crippen molar-refractivity contribution >= 4 is 34.2 Å². The number of carbonyl (C=O) groups is 1. The lowest BCUT2D eigenvalue weighted by Crippen LogP contribution is -2.40. The molecule has 0 unspecified atom stereocenters. The summed E-state index contributed by atoms with van der Waals surface area (Å²) >= 11 is 6.08. The van der Waals surface area contributed by atoms with Gasteiger partial charge in [0.05, 0.1) is 0 Å². The minimum atomic E-state index is -0.0162. The number of amides is 2. The van der Waals surface area contributed by atoms with Crippen LogP contribution in [0.4, 0.5) is 10.5 Å². The molecule has 2 heterocycles. The van der Waals surface area contributed by atoms with Gasteiger partial charge >= 0.3 is 6.03 Å². The van der Waals surface area contributed by atoms with E-state index in [4.69, 9.17) is 11.6 Å². The summed E-state index contributed by atoms with van der Waals surface area (Å²) in [4.78, 5) is 17.9. The number of aryl methyl sites for hydroxylation is 1. The molecule has 0 aliphatic carbocycles. The normalized spacial score (nSPS) is 15.4. The van der Waals surface area contributed by atoms with Crippen molar-refractivity contribution in [2.45, 2.75) is 25.7 Å². The molecule has 0 bridgehead atoms. The standard InChI is InChI=1S/C21H22ClN3O/c1-14-3-2-4-18(11-14)23-21(26)25-9-7-15(8-10-25)20-13-16-12-17(22)5-6-19(16)24-20/h2-6,11-13,15,24H,7-10H2,1H3,(H,23,26). The van der Waals surface area contributed by atoms with Gasteiger partial charge in [0.15, 0.2) is 0 Å². The van der Waals surface area contributed by atoms with Crippen LogP contribution in [-0.2, 0) is 0 Å². The average molecular weight is 368 g/mol. The number of anilines is 1. The summed E-state index contributed by atoms with van der Waals surface area (Å²) in [5.74, 6) is 0.448. The van der Waals surface area contributed by atoms with Gasteiger partial charge in [-0.1, -0.05) is 23.7 Å². The van der Waals surface area contributed by atoms with E-state index in [0.717, 1.165) is 53.1 Å². The van der Waals surface area contributed by atoms with Crippen LogP contribution in [0.15, 0.2) is 48.5 Å². The predicted molar refractivity (Wildman–Crippen MR) is 107 cm³/mol.